The molecule has 2 aromatic heterocycles. The summed E-state index contributed by atoms with van der Waals surface area (Å²) in [4.78, 5) is 20.7. The second-order valence-electron chi connectivity index (χ2n) is 7.43. The summed E-state index contributed by atoms with van der Waals surface area (Å²) in [7, 11) is 1.73. The van der Waals surface area contributed by atoms with E-state index in [0.29, 0.717) is 18.2 Å². The summed E-state index contributed by atoms with van der Waals surface area (Å²) in [6, 6.07) is 6.39. The number of amides is 1. The van der Waals surface area contributed by atoms with Gasteiger partial charge < -0.3 is 9.64 Å². The third kappa shape index (κ3) is 3.51. The number of aryl methyl sites for hydroxylation is 2. The van der Waals surface area contributed by atoms with Gasteiger partial charge in [-0.2, -0.15) is 0 Å². The number of rotatable bonds is 4. The van der Waals surface area contributed by atoms with Gasteiger partial charge in [-0.05, 0) is 44.2 Å². The lowest BCUT2D eigenvalue weighted by molar-refractivity contribution is 0.0565. The monoisotopic (exact) mass is 383 g/mol. The summed E-state index contributed by atoms with van der Waals surface area (Å²) < 4.78 is 7.24. The van der Waals surface area contributed by atoms with Crippen molar-refractivity contribution in [2.75, 3.05) is 26.8 Å². The fourth-order valence-electron chi connectivity index (χ4n) is 3.86. The van der Waals surface area contributed by atoms with E-state index < -0.39 is 0 Å². The van der Waals surface area contributed by atoms with Gasteiger partial charge in [0.05, 0.1) is 12.3 Å². The molecule has 27 heavy (non-hydrogen) atoms. The van der Waals surface area contributed by atoms with Crippen LogP contribution in [-0.2, 0) is 4.74 Å². The highest BCUT2D eigenvalue weighted by atomic mass is 32.1. The Morgan fingerprint density at radius 2 is 2.22 bits per heavy atom. The van der Waals surface area contributed by atoms with Crippen molar-refractivity contribution in [1.29, 1.82) is 0 Å². The van der Waals surface area contributed by atoms with Crippen molar-refractivity contribution >= 4 is 22.2 Å². The van der Waals surface area contributed by atoms with E-state index >= 15 is 0 Å². The zero-order valence-corrected chi connectivity index (χ0v) is 16.9. The number of nitrogens with zero attached hydrogens (tertiary/aromatic N) is 3. The normalized spacial score (nSPS) is 17.6. The molecular formula is C21H25N3O2S. The maximum Gasteiger partial charge on any atom is 0.271 e. The number of hydrogen-bond acceptors (Lipinski definition) is 4. The van der Waals surface area contributed by atoms with Crippen LogP contribution in [0.4, 0.5) is 0 Å². The zero-order valence-electron chi connectivity index (χ0n) is 16.1. The Morgan fingerprint density at radius 3 is 3.04 bits per heavy atom. The number of ether oxygens (including phenoxy) is 1. The van der Waals surface area contributed by atoms with E-state index in [-0.39, 0.29) is 5.91 Å². The molecule has 0 aliphatic carbocycles. The van der Waals surface area contributed by atoms with Crippen LogP contribution in [0, 0.1) is 19.8 Å². The molecule has 5 nitrogen and oxygen atoms in total. The second kappa shape index (κ2) is 7.44. The van der Waals surface area contributed by atoms with Crippen molar-refractivity contribution in [2.24, 2.45) is 5.92 Å². The Bertz CT molecular complexity index is 973. The number of likely N-dealkylation sites (tertiary alicyclic amines) is 1. The number of benzene rings is 1. The van der Waals surface area contributed by atoms with Gasteiger partial charge in [-0.1, -0.05) is 17.7 Å². The quantitative estimate of drug-likeness (QED) is 0.679. The third-order valence-corrected chi connectivity index (χ3v) is 6.15. The first-order valence-electron chi connectivity index (χ1n) is 9.39. The van der Waals surface area contributed by atoms with E-state index in [4.69, 9.17) is 9.72 Å². The van der Waals surface area contributed by atoms with E-state index in [1.54, 1.807) is 7.11 Å². The number of piperidine rings is 1. The smallest absolute Gasteiger partial charge is 0.271 e. The maximum atomic E-state index is 13.1. The van der Waals surface area contributed by atoms with Crippen LogP contribution < -0.4 is 0 Å². The first-order chi connectivity index (χ1) is 13.1. The molecule has 1 amide bonds. The van der Waals surface area contributed by atoms with Gasteiger partial charge in [0.15, 0.2) is 4.96 Å². The van der Waals surface area contributed by atoms with E-state index in [2.05, 4.69) is 32.0 Å². The Hall–Kier alpha value is -2.18. The van der Waals surface area contributed by atoms with Crippen LogP contribution in [0.1, 0.15) is 34.5 Å². The lowest BCUT2D eigenvalue weighted by atomic mass is 9.99. The van der Waals surface area contributed by atoms with Gasteiger partial charge in [-0.25, -0.2) is 4.98 Å². The van der Waals surface area contributed by atoms with Gasteiger partial charge in [-0.3, -0.25) is 9.20 Å². The highest BCUT2D eigenvalue weighted by Crippen LogP contribution is 2.28. The van der Waals surface area contributed by atoms with Gasteiger partial charge in [-0.15, -0.1) is 11.3 Å². The van der Waals surface area contributed by atoms with E-state index in [9.17, 15) is 4.79 Å². The molecule has 3 aromatic rings. The number of aromatic nitrogens is 2. The topological polar surface area (TPSA) is 46.8 Å². The van der Waals surface area contributed by atoms with Gasteiger partial charge in [0, 0.05) is 37.3 Å². The molecule has 3 heterocycles. The molecule has 0 bridgehead atoms. The third-order valence-electron chi connectivity index (χ3n) is 5.31. The Balaban J connectivity index is 1.64. The van der Waals surface area contributed by atoms with Crippen LogP contribution in [0.5, 0.6) is 0 Å². The van der Waals surface area contributed by atoms with Gasteiger partial charge >= 0.3 is 0 Å². The van der Waals surface area contributed by atoms with Crippen molar-refractivity contribution in [3.8, 4) is 11.3 Å². The summed E-state index contributed by atoms with van der Waals surface area (Å²) in [6.45, 7) is 6.48. The number of methoxy groups -OCH3 is 1. The van der Waals surface area contributed by atoms with Crippen molar-refractivity contribution in [2.45, 2.75) is 26.7 Å². The number of carbonyl (C=O) groups excluding carboxylic acids is 1. The molecule has 4 rings (SSSR count). The molecule has 6 heteroatoms. The molecule has 0 radical (unpaired) electrons. The fraction of sp³-hybridized carbons (Fsp3) is 0.429. The molecule has 1 aliphatic rings. The van der Waals surface area contributed by atoms with E-state index in [1.165, 1.54) is 22.5 Å². The Kier molecular flexibility index (Phi) is 5.02. The second-order valence-corrected chi connectivity index (χ2v) is 8.27. The van der Waals surface area contributed by atoms with Crippen molar-refractivity contribution < 1.29 is 9.53 Å². The molecular weight excluding hydrogens is 358 g/mol. The van der Waals surface area contributed by atoms with E-state index in [0.717, 1.165) is 42.1 Å². The minimum atomic E-state index is 0.0898. The number of imidazole rings is 1. The van der Waals surface area contributed by atoms with Crippen LogP contribution in [0.25, 0.3) is 16.2 Å². The molecule has 0 unspecified atom stereocenters. The highest BCUT2D eigenvalue weighted by molar-refractivity contribution is 7.15. The van der Waals surface area contributed by atoms with Crippen LogP contribution >= 0.6 is 11.3 Å². The van der Waals surface area contributed by atoms with Gasteiger partial charge in [0.25, 0.3) is 5.91 Å². The first-order valence-corrected chi connectivity index (χ1v) is 10.3. The number of fused-ring (bicyclic) bond motifs is 1. The average Bonchev–Trinajstić information content (AvgIpc) is 3.24. The minimum Gasteiger partial charge on any atom is -0.384 e. The number of hydrogen-bond donors (Lipinski definition) is 0. The fourth-order valence-corrected chi connectivity index (χ4v) is 4.71. The average molecular weight is 384 g/mol. The highest BCUT2D eigenvalue weighted by Gasteiger charge is 2.26. The van der Waals surface area contributed by atoms with Crippen LogP contribution in [0.3, 0.4) is 0 Å². The number of thiazole rings is 1. The molecule has 1 fully saturated rings. The summed E-state index contributed by atoms with van der Waals surface area (Å²) >= 11 is 1.52. The molecule has 1 aromatic carbocycles. The molecule has 0 N–H and O–H groups in total. The largest absolute Gasteiger partial charge is 0.384 e. The molecule has 1 aliphatic heterocycles. The predicted molar refractivity (Wildman–Crippen MR) is 108 cm³/mol. The van der Waals surface area contributed by atoms with Gasteiger partial charge in [0.2, 0.25) is 0 Å². The van der Waals surface area contributed by atoms with Crippen molar-refractivity contribution in [3.05, 3.63) is 46.6 Å². The first kappa shape index (κ1) is 18.2. The molecule has 0 spiro atoms. The van der Waals surface area contributed by atoms with Crippen LogP contribution in [-0.4, -0.2) is 47.0 Å². The summed E-state index contributed by atoms with van der Waals surface area (Å²) in [6.07, 6.45) is 4.15. The standard InChI is InChI=1S/C21H25N3O2S/c1-14-6-7-15(2)17(9-14)18-11-24-19(13-27-21(24)22-18)20(25)23-8-4-5-16(10-23)12-26-3/h6-7,9,11,13,16H,4-5,8,10,12H2,1-3H3/t16-/m0/s1. The Morgan fingerprint density at radius 1 is 1.37 bits per heavy atom. The summed E-state index contributed by atoms with van der Waals surface area (Å²) in [5.74, 6) is 0.516. The predicted octanol–water partition coefficient (Wildman–Crippen LogP) is 4.18. The number of carbonyl (C=O) groups is 1. The van der Waals surface area contributed by atoms with Crippen molar-refractivity contribution in [3.63, 3.8) is 0 Å². The minimum absolute atomic E-state index is 0.0898. The molecule has 0 saturated carbocycles. The lowest BCUT2D eigenvalue weighted by Gasteiger charge is -2.32. The zero-order chi connectivity index (χ0) is 19.0. The maximum absolute atomic E-state index is 13.1. The van der Waals surface area contributed by atoms with Crippen molar-refractivity contribution in [1.82, 2.24) is 14.3 Å². The summed E-state index contributed by atoms with van der Waals surface area (Å²) in [5.41, 5.74) is 5.16. The molecule has 142 valence electrons. The molecule has 1 saturated heterocycles. The van der Waals surface area contributed by atoms with Crippen LogP contribution in [0.2, 0.25) is 0 Å². The SMILES string of the molecule is COC[C@H]1CCCN(C(=O)c2csc3nc(-c4cc(C)ccc4C)cn23)C1. The molecule has 1 atom stereocenters. The van der Waals surface area contributed by atoms with Crippen LogP contribution in [0.15, 0.2) is 29.8 Å². The van der Waals surface area contributed by atoms with Gasteiger partial charge in [0.1, 0.15) is 5.69 Å². The lowest BCUT2D eigenvalue weighted by Crippen LogP contribution is -2.41. The Labute approximate surface area is 163 Å². The van der Waals surface area contributed by atoms with E-state index in [1.807, 2.05) is 20.9 Å². The summed E-state index contributed by atoms with van der Waals surface area (Å²) in [5, 5.41) is 1.93.